The predicted molar refractivity (Wildman–Crippen MR) is 230 cm³/mol. The van der Waals surface area contributed by atoms with Crippen LogP contribution in [0, 0.1) is 13.8 Å². The van der Waals surface area contributed by atoms with Crippen molar-refractivity contribution in [2.45, 2.75) is 58.0 Å². The first-order valence-corrected chi connectivity index (χ1v) is 20.4. The van der Waals surface area contributed by atoms with Crippen molar-refractivity contribution in [1.82, 2.24) is 15.2 Å². The van der Waals surface area contributed by atoms with Gasteiger partial charge in [-0.05, 0) is 119 Å². The van der Waals surface area contributed by atoms with Crippen molar-refractivity contribution in [2.24, 2.45) is 0 Å². The fraction of sp³-hybridized carbons (Fsp3) is 0.208. The van der Waals surface area contributed by atoms with E-state index in [4.69, 9.17) is 37.4 Å². The Bertz CT molecular complexity index is 2640. The molecule has 3 heterocycles. The molecule has 2 aliphatic rings. The number of rotatable bonds is 11. The van der Waals surface area contributed by atoms with E-state index >= 15 is 0 Å². The molecule has 310 valence electrons. The van der Waals surface area contributed by atoms with E-state index in [2.05, 4.69) is 10.3 Å². The number of carboxylic acid groups (broad SMARTS) is 1. The van der Waals surface area contributed by atoms with Gasteiger partial charge in [-0.1, -0.05) is 71.7 Å². The number of nitrogens with one attached hydrogen (secondary N) is 1. The number of hydrogen-bond donors (Lipinski definition) is 3. The van der Waals surface area contributed by atoms with Gasteiger partial charge in [0.05, 0.1) is 10.0 Å². The molecular weight excluding hydrogens is 817 g/mol. The summed E-state index contributed by atoms with van der Waals surface area (Å²) in [6.45, 7) is 4.51. The molecule has 1 aromatic heterocycles. The molecule has 2 amide bonds. The Balaban J connectivity index is 0.991. The average Bonchev–Trinajstić information content (AvgIpc) is 3.26. The van der Waals surface area contributed by atoms with Gasteiger partial charge in [-0.2, -0.15) is 0 Å². The van der Waals surface area contributed by atoms with E-state index in [1.165, 1.54) is 17.0 Å². The van der Waals surface area contributed by atoms with Crippen molar-refractivity contribution in [3.05, 3.63) is 170 Å². The lowest BCUT2D eigenvalue weighted by Crippen LogP contribution is -2.56. The first-order valence-electron chi connectivity index (χ1n) is 19.7. The van der Waals surface area contributed by atoms with Crippen LogP contribution in [0.5, 0.6) is 23.0 Å². The van der Waals surface area contributed by atoms with E-state index in [1.807, 2.05) is 86.6 Å². The van der Waals surface area contributed by atoms with Crippen LogP contribution >= 0.6 is 23.2 Å². The molecule has 0 fully saturated rings. The number of benzene rings is 5. The van der Waals surface area contributed by atoms with Crippen LogP contribution in [0.3, 0.4) is 0 Å². The Hall–Kier alpha value is -6.56. The maximum absolute atomic E-state index is 14.2. The summed E-state index contributed by atoms with van der Waals surface area (Å²) in [7, 11) is 0. The summed E-state index contributed by atoms with van der Waals surface area (Å²) in [5.41, 5.74) is 8.11. The number of pyridine rings is 1. The van der Waals surface area contributed by atoms with Gasteiger partial charge in [0.2, 0.25) is 5.91 Å². The van der Waals surface area contributed by atoms with E-state index < -0.39 is 36.0 Å². The number of carbonyl (C=O) groups is 3. The minimum absolute atomic E-state index is 0.0151. The van der Waals surface area contributed by atoms with Gasteiger partial charge in [0.1, 0.15) is 36.8 Å². The predicted octanol–water partition coefficient (Wildman–Crippen LogP) is 8.85. The minimum atomic E-state index is -1.28. The number of phenols is 1. The van der Waals surface area contributed by atoms with Crippen LogP contribution in [0.25, 0.3) is 11.1 Å². The van der Waals surface area contributed by atoms with Crippen molar-refractivity contribution in [2.75, 3.05) is 6.61 Å². The van der Waals surface area contributed by atoms with Crippen LogP contribution in [0.2, 0.25) is 10.0 Å². The molecule has 5 aromatic carbocycles. The largest absolute Gasteiger partial charge is 0.508 e. The molecule has 13 heteroatoms. The van der Waals surface area contributed by atoms with Crippen molar-refractivity contribution >= 4 is 41.0 Å². The zero-order valence-electron chi connectivity index (χ0n) is 33.2. The van der Waals surface area contributed by atoms with Gasteiger partial charge in [0.15, 0.2) is 17.6 Å². The Morgan fingerprint density at radius 3 is 2.38 bits per heavy atom. The van der Waals surface area contributed by atoms with E-state index in [9.17, 15) is 24.6 Å². The van der Waals surface area contributed by atoms with E-state index in [1.54, 1.807) is 30.5 Å². The normalized spacial score (nSPS) is 16.0. The first-order chi connectivity index (χ1) is 29.4. The average molecular weight is 859 g/mol. The standard InChI is InChI=1S/C48H41Cl2N3O8/c1-27-28(2)51-17-16-38(27)31-9-6-29(7-10-31)19-41(48(57)58)52-46(55)42-21-34-22-43-44(23-35(34)24-53(42)47(56)33-4-3-5-36(54)20-33)61-45(26-60-43)32-11-13-37(14-12-32)59-25-30-8-15-39(49)40(50)18-30/h3-18,20,22-23,41-42,45,54H,19,21,24-26H2,1-2H3,(H,52,55)(H,57,58)/t41-,42-,45+/m0/s1. The van der Waals surface area contributed by atoms with E-state index in [0.29, 0.717) is 39.5 Å². The Morgan fingerprint density at radius 1 is 0.885 bits per heavy atom. The highest BCUT2D eigenvalue weighted by Crippen LogP contribution is 2.41. The Morgan fingerprint density at radius 2 is 1.64 bits per heavy atom. The number of carboxylic acids is 1. The number of ether oxygens (including phenoxy) is 3. The summed E-state index contributed by atoms with van der Waals surface area (Å²) in [6, 6.07) is 29.5. The molecule has 0 spiro atoms. The summed E-state index contributed by atoms with van der Waals surface area (Å²) in [6.07, 6.45) is 1.43. The third-order valence-corrected chi connectivity index (χ3v) is 11.9. The lowest BCUT2D eigenvalue weighted by molar-refractivity contribution is -0.142. The Labute approximate surface area is 362 Å². The molecule has 11 nitrogen and oxygen atoms in total. The highest BCUT2D eigenvalue weighted by Gasteiger charge is 2.38. The molecule has 0 aliphatic carbocycles. The number of carbonyl (C=O) groups excluding carboxylic acids is 2. The fourth-order valence-electron chi connectivity index (χ4n) is 7.62. The third-order valence-electron chi connectivity index (χ3n) is 11.1. The molecular formula is C48H41Cl2N3O8. The monoisotopic (exact) mass is 857 g/mol. The third kappa shape index (κ3) is 9.13. The van der Waals surface area contributed by atoms with Crippen LogP contribution in [0.15, 0.2) is 115 Å². The molecule has 8 rings (SSSR count). The number of amides is 2. The Kier molecular flexibility index (Phi) is 11.9. The van der Waals surface area contributed by atoms with Crippen LogP contribution < -0.4 is 19.5 Å². The molecule has 3 atom stereocenters. The molecule has 0 radical (unpaired) electrons. The number of phenolic OH excluding ortho intramolecular Hbond substituents is 1. The van der Waals surface area contributed by atoms with Gasteiger partial charge in [-0.25, -0.2) is 4.79 Å². The number of aromatic nitrogens is 1. The number of aliphatic carboxylic acids is 1. The van der Waals surface area contributed by atoms with E-state index in [0.717, 1.165) is 44.6 Å². The molecule has 0 saturated heterocycles. The van der Waals surface area contributed by atoms with Crippen LogP contribution in [0.4, 0.5) is 0 Å². The highest BCUT2D eigenvalue weighted by molar-refractivity contribution is 6.42. The summed E-state index contributed by atoms with van der Waals surface area (Å²) in [4.78, 5) is 46.7. The van der Waals surface area contributed by atoms with Crippen molar-refractivity contribution < 1.29 is 38.8 Å². The summed E-state index contributed by atoms with van der Waals surface area (Å²) in [5.74, 6) is -0.801. The quantitative estimate of drug-likeness (QED) is 0.116. The van der Waals surface area contributed by atoms with Crippen molar-refractivity contribution in [3.63, 3.8) is 0 Å². The molecule has 61 heavy (non-hydrogen) atoms. The zero-order valence-corrected chi connectivity index (χ0v) is 34.7. The van der Waals surface area contributed by atoms with Crippen molar-refractivity contribution in [3.8, 4) is 34.1 Å². The second kappa shape index (κ2) is 17.6. The fourth-order valence-corrected chi connectivity index (χ4v) is 7.94. The molecule has 0 bridgehead atoms. The second-order valence-electron chi connectivity index (χ2n) is 15.2. The number of aromatic hydroxyl groups is 1. The van der Waals surface area contributed by atoms with Gasteiger partial charge in [0, 0.05) is 36.8 Å². The number of fused-ring (bicyclic) bond motifs is 2. The van der Waals surface area contributed by atoms with Crippen LogP contribution in [-0.2, 0) is 35.6 Å². The molecule has 6 aromatic rings. The van der Waals surface area contributed by atoms with Gasteiger partial charge < -0.3 is 34.6 Å². The number of nitrogens with zero attached hydrogens (tertiary/aromatic N) is 2. The number of aryl methyl sites for hydroxylation is 1. The SMILES string of the molecule is Cc1nccc(-c2ccc(C[C@H](NC(=O)[C@@H]3Cc4cc5c(cc4CN3C(=O)c3cccc(O)c3)O[C@@H](c3ccc(OCc4ccc(Cl)c(Cl)c4)cc3)CO5)C(=O)O)cc2)c1C. The topological polar surface area (TPSA) is 148 Å². The maximum Gasteiger partial charge on any atom is 0.326 e. The van der Waals surface area contributed by atoms with Crippen molar-refractivity contribution in [1.29, 1.82) is 0 Å². The van der Waals surface area contributed by atoms with Gasteiger partial charge in [-0.3, -0.25) is 14.6 Å². The minimum Gasteiger partial charge on any atom is -0.508 e. The zero-order chi connectivity index (χ0) is 42.8. The number of halogens is 2. The van der Waals surface area contributed by atoms with Crippen LogP contribution in [0.1, 0.15) is 55.5 Å². The second-order valence-corrected chi connectivity index (χ2v) is 16.0. The molecule has 0 saturated carbocycles. The highest BCUT2D eigenvalue weighted by atomic mass is 35.5. The smallest absolute Gasteiger partial charge is 0.326 e. The maximum atomic E-state index is 14.2. The van der Waals surface area contributed by atoms with Gasteiger partial charge in [-0.15, -0.1) is 0 Å². The first kappa shape index (κ1) is 41.2. The van der Waals surface area contributed by atoms with Gasteiger partial charge in [0.25, 0.3) is 5.91 Å². The summed E-state index contributed by atoms with van der Waals surface area (Å²) >= 11 is 12.2. The molecule has 2 aliphatic heterocycles. The number of hydrogen-bond acceptors (Lipinski definition) is 8. The van der Waals surface area contributed by atoms with Crippen LogP contribution in [-0.4, -0.2) is 56.6 Å². The lowest BCUT2D eigenvalue weighted by Gasteiger charge is -2.37. The summed E-state index contributed by atoms with van der Waals surface area (Å²) < 4.78 is 18.6. The van der Waals surface area contributed by atoms with E-state index in [-0.39, 0.29) is 37.3 Å². The van der Waals surface area contributed by atoms with Gasteiger partial charge >= 0.3 is 5.97 Å². The molecule has 0 unspecified atom stereocenters. The lowest BCUT2D eigenvalue weighted by atomic mass is 9.91. The summed E-state index contributed by atoms with van der Waals surface area (Å²) in [5, 5.41) is 24.2. The molecule has 3 N–H and O–H groups in total.